The molecule has 0 N–H and O–H groups in total. The summed E-state index contributed by atoms with van der Waals surface area (Å²) in [6, 6.07) is 0. The van der Waals surface area contributed by atoms with Gasteiger partial charge in [0, 0.05) is 181 Å². The van der Waals surface area contributed by atoms with E-state index in [1.54, 1.807) is 49.6 Å². The van der Waals surface area contributed by atoms with Crippen molar-refractivity contribution in [2.24, 2.45) is 49.3 Å². The number of terminal acetylenes is 1. The number of aromatic nitrogens is 16. The van der Waals surface area contributed by atoms with E-state index in [4.69, 9.17) is 6.42 Å². The molecule has 16 nitrogen and oxygen atoms in total. The quantitative estimate of drug-likeness (QED) is 0.164. The minimum Gasteiger partial charge on any atom is -0.331 e. The van der Waals surface area contributed by atoms with Gasteiger partial charge in [-0.25, -0.2) is 39.9 Å². The first-order chi connectivity index (χ1) is 25.2. The number of aryl methyl sites for hydroxylation is 8. The summed E-state index contributed by atoms with van der Waals surface area (Å²) in [4.78, 5) is 33.8. The van der Waals surface area contributed by atoms with Gasteiger partial charge in [-0.3, -0.25) is 0 Å². The van der Waals surface area contributed by atoms with Crippen LogP contribution in [0.4, 0.5) is 0 Å². The molecule has 0 amide bonds. The van der Waals surface area contributed by atoms with E-state index in [2.05, 4.69) is 50.4 Å². The van der Waals surface area contributed by atoms with Crippen LogP contribution in [0.1, 0.15) is 20.3 Å². The Hall–Kier alpha value is -6.12. The van der Waals surface area contributed by atoms with Crippen LogP contribution in [-0.4, -0.2) is 76.4 Å². The third-order valence-electron chi connectivity index (χ3n) is 7.98. The molecular weight excluding hydrogens is 859 g/mol. The van der Waals surface area contributed by atoms with Crippen LogP contribution in [0.3, 0.4) is 0 Å². The molecule has 17 heteroatoms. The van der Waals surface area contributed by atoms with Crippen molar-refractivity contribution in [3.05, 3.63) is 99.1 Å². The first-order valence-corrected chi connectivity index (χ1v) is 16.5. The normalized spacial score (nSPS) is 10.0. The van der Waals surface area contributed by atoms with E-state index >= 15 is 0 Å². The molecule has 8 aromatic heterocycles. The molecule has 8 rings (SSSR count). The average Bonchev–Trinajstić information content (AvgIpc) is 3.96. The van der Waals surface area contributed by atoms with Crippen LogP contribution in [-0.2, 0) is 75.7 Å². The maximum atomic E-state index is 5.23. The van der Waals surface area contributed by atoms with Crippen molar-refractivity contribution in [1.82, 2.24) is 76.4 Å². The van der Waals surface area contributed by atoms with Crippen molar-refractivity contribution < 1.29 is 19.8 Å². The number of unbranched alkanes of at least 4 members (excludes halogenated alkanes) is 1. The summed E-state index contributed by atoms with van der Waals surface area (Å²) in [6.07, 6.45) is 36.5. The fourth-order valence-corrected chi connectivity index (χ4v) is 5.11. The van der Waals surface area contributed by atoms with Crippen LogP contribution in [0.25, 0.3) is 46.6 Å². The Labute approximate surface area is 329 Å². The summed E-state index contributed by atoms with van der Waals surface area (Å²) >= 11 is 0. The van der Waals surface area contributed by atoms with Gasteiger partial charge in [-0.15, -0.1) is 12.3 Å². The number of hydrogen-bond donors (Lipinski definition) is 0. The SMILES string of the molecule is C.C#CCCCn1ccnc1-c1nccn1C.Cn1ccnc1-c1nccn1C.Cn1ccnc1-c1nccn1C.Cn1ccnc1-c1nccn1C.[Os]. The third-order valence-corrected chi connectivity index (χ3v) is 7.98. The molecule has 0 atom stereocenters. The molecule has 0 aliphatic heterocycles. The Morgan fingerprint density at radius 1 is 0.407 bits per heavy atom. The molecule has 54 heavy (non-hydrogen) atoms. The maximum Gasteiger partial charge on any atom is 0.176 e. The molecule has 0 aliphatic carbocycles. The summed E-state index contributed by atoms with van der Waals surface area (Å²) in [6.45, 7) is 0.881. The minimum absolute atomic E-state index is 0. The van der Waals surface area contributed by atoms with Crippen molar-refractivity contribution in [1.29, 1.82) is 0 Å². The van der Waals surface area contributed by atoms with Gasteiger partial charge in [-0.05, 0) is 6.42 Å². The molecule has 0 saturated carbocycles. The second-order valence-corrected chi connectivity index (χ2v) is 11.8. The molecule has 8 aromatic rings. The van der Waals surface area contributed by atoms with E-state index < -0.39 is 0 Å². The molecule has 0 spiro atoms. The number of imidazole rings is 8. The molecule has 0 fully saturated rings. The maximum absolute atomic E-state index is 5.23. The first kappa shape index (κ1) is 42.3. The van der Waals surface area contributed by atoms with Gasteiger partial charge >= 0.3 is 0 Å². The standard InChI is InChI=1S/C12H14N4.3C8H10N4.CH4.Os/c1-3-4-5-8-16-10-7-14-12(16)11-13-6-9-15(11)2;3*1-11-5-3-9-7(11)8-10-4-6-12(8)2;;/h1,6-7,9-10H,4-5,8H2,2H3;3*3-6H,1-2H3;1H4;. The van der Waals surface area contributed by atoms with Crippen molar-refractivity contribution in [2.45, 2.75) is 26.8 Å². The predicted octanol–water partition coefficient (Wildman–Crippen LogP) is 4.79. The van der Waals surface area contributed by atoms with Gasteiger partial charge in [0.05, 0.1) is 0 Å². The Balaban J connectivity index is 0.000000193. The van der Waals surface area contributed by atoms with Gasteiger partial charge in [0.1, 0.15) is 0 Å². The third kappa shape index (κ3) is 10.3. The largest absolute Gasteiger partial charge is 0.331 e. The topological polar surface area (TPSA) is 143 Å². The minimum atomic E-state index is 0. The van der Waals surface area contributed by atoms with E-state index in [0.29, 0.717) is 0 Å². The van der Waals surface area contributed by atoms with Crippen LogP contribution in [0.15, 0.2) is 99.1 Å². The van der Waals surface area contributed by atoms with Gasteiger partial charge in [0.15, 0.2) is 46.6 Å². The molecule has 0 saturated heterocycles. The Morgan fingerprint density at radius 2 is 0.630 bits per heavy atom. The van der Waals surface area contributed by atoms with Crippen LogP contribution in [0, 0.1) is 12.3 Å². The van der Waals surface area contributed by atoms with Crippen LogP contribution in [0.5, 0.6) is 0 Å². The summed E-state index contributed by atoms with van der Waals surface area (Å²) in [5.41, 5.74) is 0. The summed E-state index contributed by atoms with van der Waals surface area (Å²) in [5, 5.41) is 0. The Bertz CT molecular complexity index is 2010. The van der Waals surface area contributed by atoms with E-state index in [0.717, 1.165) is 66.0 Å². The fraction of sp³-hybridized carbons (Fsp3) is 0.297. The average molecular weight is 907 g/mol. The van der Waals surface area contributed by atoms with Gasteiger partial charge in [-0.2, -0.15) is 0 Å². The monoisotopic (exact) mass is 908 g/mol. The number of hydrogen-bond acceptors (Lipinski definition) is 8. The van der Waals surface area contributed by atoms with Gasteiger partial charge in [-0.1, -0.05) is 7.43 Å². The summed E-state index contributed by atoms with van der Waals surface area (Å²) in [5.74, 6) is 9.76. The van der Waals surface area contributed by atoms with Crippen molar-refractivity contribution >= 4 is 0 Å². The molecular formula is C37H48N16Os. The van der Waals surface area contributed by atoms with Crippen LogP contribution in [0.2, 0.25) is 0 Å². The second-order valence-electron chi connectivity index (χ2n) is 11.8. The van der Waals surface area contributed by atoms with Crippen molar-refractivity contribution in [3.63, 3.8) is 0 Å². The summed E-state index contributed by atoms with van der Waals surface area (Å²) in [7, 11) is 13.7. The number of rotatable bonds is 7. The molecule has 0 aliphatic rings. The smallest absolute Gasteiger partial charge is 0.176 e. The Kier molecular flexibility index (Phi) is 15.8. The first-order valence-electron chi connectivity index (χ1n) is 16.5. The predicted molar refractivity (Wildman–Crippen MR) is 205 cm³/mol. The molecule has 0 unspecified atom stereocenters. The van der Waals surface area contributed by atoms with E-state index in [1.807, 2.05) is 131 Å². The van der Waals surface area contributed by atoms with Gasteiger partial charge < -0.3 is 36.5 Å². The molecule has 8 heterocycles. The fourth-order valence-electron chi connectivity index (χ4n) is 5.11. The molecule has 284 valence electrons. The van der Waals surface area contributed by atoms with Crippen LogP contribution < -0.4 is 0 Å². The molecule has 0 bridgehead atoms. The summed E-state index contributed by atoms with van der Waals surface area (Å²) < 4.78 is 15.7. The molecule has 0 aromatic carbocycles. The van der Waals surface area contributed by atoms with Gasteiger partial charge in [0.2, 0.25) is 0 Å². The van der Waals surface area contributed by atoms with Crippen molar-refractivity contribution in [3.8, 4) is 58.9 Å². The number of nitrogens with zero attached hydrogens (tertiary/aromatic N) is 16. The van der Waals surface area contributed by atoms with E-state index in [-0.39, 0.29) is 27.2 Å². The zero-order valence-electron chi connectivity index (χ0n) is 30.9. The zero-order valence-corrected chi connectivity index (χ0v) is 33.5. The van der Waals surface area contributed by atoms with Crippen molar-refractivity contribution in [2.75, 3.05) is 0 Å². The van der Waals surface area contributed by atoms with Gasteiger partial charge in [0.25, 0.3) is 0 Å². The van der Waals surface area contributed by atoms with E-state index in [9.17, 15) is 0 Å². The van der Waals surface area contributed by atoms with Crippen LogP contribution >= 0.6 is 0 Å². The second kappa shape index (κ2) is 20.2. The zero-order chi connectivity index (χ0) is 37.0. The molecule has 0 radical (unpaired) electrons. The van der Waals surface area contributed by atoms with E-state index in [1.165, 1.54) is 0 Å². The Morgan fingerprint density at radius 3 is 0.852 bits per heavy atom.